The van der Waals surface area contributed by atoms with Gasteiger partial charge in [0.05, 0.1) is 0 Å². The summed E-state index contributed by atoms with van der Waals surface area (Å²) in [5, 5.41) is 0. The Morgan fingerprint density at radius 2 is 0.220 bits per heavy atom. The Labute approximate surface area is 594 Å². The van der Waals surface area contributed by atoms with Crippen LogP contribution in [0.15, 0.2) is 0 Å². The number of hydrogen-bond donors (Lipinski definition) is 0. The van der Waals surface area contributed by atoms with Crippen LogP contribution < -0.4 is 8.32 Å². The van der Waals surface area contributed by atoms with E-state index in [4.69, 9.17) is 15.9 Å². The monoisotopic (exact) mass is 1540 g/mol. The molecule has 0 N–H and O–H groups in total. The van der Waals surface area contributed by atoms with Gasteiger partial charge in [-0.3, -0.25) is 0 Å². The Kier molecular flexibility index (Phi) is 95.4. The van der Waals surface area contributed by atoms with Gasteiger partial charge in [0, 0.05) is 0 Å². The molecule has 0 aliphatic carbocycles. The van der Waals surface area contributed by atoms with Crippen LogP contribution in [0.1, 0.15) is 504 Å². The zero-order valence-electron chi connectivity index (χ0n) is 64.2. The molecule has 0 saturated heterocycles. The molecule has 0 bridgehead atoms. The molecule has 0 rings (SSSR count). The van der Waals surface area contributed by atoms with Crippen molar-refractivity contribution >= 4 is 39.5 Å². The molecule has 0 fully saturated rings. The van der Waals surface area contributed by atoms with Gasteiger partial charge in [0.1, 0.15) is 0 Å². The second-order valence-corrected chi connectivity index (χ2v) is 48.1. The second-order valence-electron chi connectivity index (χ2n) is 29.7. The van der Waals surface area contributed by atoms with E-state index in [2.05, 4.69) is 41.5 Å². The van der Waals surface area contributed by atoms with E-state index in [1.807, 2.05) is 0 Å². The Hall–Kier alpha value is 1.65. The van der Waals surface area contributed by atoms with Gasteiger partial charge in [-0.2, -0.15) is 0 Å². The average molecular weight is 1540 g/mol. The molecule has 0 aromatic rings. The molecular weight excluding hydrogens is 1360 g/mol. The van der Waals surface area contributed by atoms with Gasteiger partial charge >= 0.3 is 519 Å². The van der Waals surface area contributed by atoms with Crippen LogP contribution in [-0.2, 0) is 21.2 Å². The second kappa shape index (κ2) is 89.7. The molecule has 0 amide bonds. The van der Waals surface area contributed by atoms with Gasteiger partial charge in [0.25, 0.3) is 0 Å². The van der Waals surface area contributed by atoms with Gasteiger partial charge in [-0.25, -0.2) is 0 Å². The van der Waals surface area contributed by atoms with E-state index in [1.54, 1.807) is 104 Å². The van der Waals surface area contributed by atoms with E-state index in [9.17, 15) is 0 Å². The molecule has 0 aromatic carbocycles. The maximum absolute atomic E-state index is 8.59. The van der Waals surface area contributed by atoms with Crippen LogP contribution in [0, 0.1) is 0 Å². The molecule has 91 heavy (non-hydrogen) atoms. The summed E-state index contributed by atoms with van der Waals surface area (Å²) in [5.41, 5.74) is 0. The van der Waals surface area contributed by atoms with Gasteiger partial charge in [-0.05, 0) is 0 Å². The van der Waals surface area contributed by atoms with Crippen LogP contribution in [0.5, 0.6) is 0 Å². The Bertz CT molecular complexity index is 1110. The zero-order chi connectivity index (χ0) is 66.8. The summed E-state index contributed by atoms with van der Waals surface area (Å²) in [4.78, 5) is 0. The Balaban J connectivity index is -0.00000158. The van der Waals surface area contributed by atoms with Crippen molar-refractivity contribution in [3.8, 4) is 0 Å². The van der Waals surface area contributed by atoms with Crippen LogP contribution >= 0.6 is 0 Å². The maximum atomic E-state index is 8.59. The van der Waals surface area contributed by atoms with Crippen molar-refractivity contribution in [2.45, 2.75) is 530 Å². The summed E-state index contributed by atoms with van der Waals surface area (Å²) in [6.45, 7) is 13.9. The van der Waals surface area contributed by atoms with Crippen LogP contribution in [-0.4, -0.2) is 39.5 Å². The summed E-state index contributed by atoms with van der Waals surface area (Å²) in [5.74, 6) is 0. The van der Waals surface area contributed by atoms with E-state index < -0.39 is 53.1 Å². The first-order valence-corrected chi connectivity index (χ1v) is 57.2. The fraction of sp³-hybridized carbons (Fsp3) is 1.00. The summed E-state index contributed by atoms with van der Waals surface area (Å²) in [6.07, 6.45) is 108. The summed E-state index contributed by atoms with van der Waals surface area (Å²) >= 11 is -7.99. The third-order valence-corrected chi connectivity index (χ3v) is 38.5. The molecule has 0 atom stereocenters. The molecule has 0 spiro atoms. The Morgan fingerprint density at radius 3 is 0.297 bits per heavy atom. The Morgan fingerprint density at radius 1 is 0.154 bits per heavy atom. The predicted octanol–water partition coefficient (Wildman–Crippen LogP) is 30.6. The van der Waals surface area contributed by atoms with Gasteiger partial charge in [0.15, 0.2) is 0 Å². The number of hydrogen-bond acceptors (Lipinski definition) is 4. The fourth-order valence-corrected chi connectivity index (χ4v) is 31.2. The van der Waals surface area contributed by atoms with Crippen molar-refractivity contribution in [2.75, 3.05) is 0 Å². The van der Waals surface area contributed by atoms with Crippen molar-refractivity contribution < 1.29 is 29.5 Å². The SMILES string of the molecule is CCCCCCCCCCCCC[CH2][Sn+]([CH2]CCCCCCCCCCCCC)[CH2]CCCCCCCCCCCCC.CCCCCCCCCCCCC[CH2][Sn+]([CH2]CCCCCCCCCCCCC)[CH2]CCCCCCCCCCCCC.[O]=[Cr](=[O])([O-])[O-]. The van der Waals surface area contributed by atoms with E-state index >= 15 is 0 Å². The van der Waals surface area contributed by atoms with Crippen LogP contribution in [0.4, 0.5) is 0 Å². The first kappa shape index (κ1) is 96.8. The van der Waals surface area contributed by atoms with E-state index in [0.717, 1.165) is 0 Å². The molecule has 7 heteroatoms. The van der Waals surface area contributed by atoms with Gasteiger partial charge in [0.2, 0.25) is 0 Å². The minimum atomic E-state index is -5.75. The van der Waals surface area contributed by atoms with Crippen molar-refractivity contribution in [3.05, 3.63) is 0 Å². The molecule has 0 aromatic heterocycles. The zero-order valence-corrected chi connectivity index (χ0v) is 71.2. The topological polar surface area (TPSA) is 80.3 Å². The molecule has 4 nitrogen and oxygen atoms in total. The third-order valence-electron chi connectivity index (χ3n) is 20.3. The third kappa shape index (κ3) is 100. The van der Waals surface area contributed by atoms with E-state index in [-0.39, 0.29) is 0 Å². The van der Waals surface area contributed by atoms with Crippen LogP contribution in [0.2, 0.25) is 26.6 Å². The first-order valence-electron chi connectivity index (χ1n) is 43.0. The standard InChI is InChI=1S/6C14H29.Cr.4O.2Sn/c6*1-3-5-7-9-11-13-14-12-10-8-6-4-2;;;;;;;/h6*1,3-14H2,2H3;;;;;;;/q;;;;;;;;;2*-1;2*+1. The van der Waals surface area contributed by atoms with Gasteiger partial charge < -0.3 is 0 Å². The van der Waals surface area contributed by atoms with Crippen molar-refractivity contribution in [1.82, 2.24) is 0 Å². The van der Waals surface area contributed by atoms with Crippen LogP contribution in [0.25, 0.3) is 0 Å². The first-order chi connectivity index (χ1) is 44.7. The van der Waals surface area contributed by atoms with Crippen LogP contribution in [0.3, 0.4) is 0 Å². The molecule has 0 radical (unpaired) electrons. The quantitative estimate of drug-likeness (QED) is 0.0449. The van der Waals surface area contributed by atoms with Gasteiger partial charge in [-0.15, -0.1) is 0 Å². The fourth-order valence-electron chi connectivity index (χ4n) is 14.0. The molecular formula is C84H174CrO4Sn2. The molecule has 548 valence electrons. The van der Waals surface area contributed by atoms with E-state index in [0.29, 0.717) is 0 Å². The van der Waals surface area contributed by atoms with Crippen molar-refractivity contribution in [3.63, 3.8) is 0 Å². The van der Waals surface area contributed by atoms with Crippen molar-refractivity contribution in [2.24, 2.45) is 0 Å². The summed E-state index contributed by atoms with van der Waals surface area (Å²) < 4.78 is 44.8. The average Bonchev–Trinajstić information content (AvgIpc) is 3.58. The minimum absolute atomic E-state index is 1.12. The molecule has 0 heterocycles. The molecule has 0 saturated carbocycles. The number of rotatable bonds is 78. The van der Waals surface area contributed by atoms with E-state index in [1.165, 1.54) is 385 Å². The van der Waals surface area contributed by atoms with Gasteiger partial charge in [-0.1, -0.05) is 80.1 Å². The predicted molar refractivity (Wildman–Crippen MR) is 408 cm³/mol. The molecule has 0 aliphatic rings. The summed E-state index contributed by atoms with van der Waals surface area (Å²) in [6, 6.07) is 0. The normalized spacial score (nSPS) is 11.5. The molecule has 0 aliphatic heterocycles. The number of unbranched alkanes of at least 4 members (excludes halogenated alkanes) is 66. The molecule has 0 unspecified atom stereocenters. The summed E-state index contributed by atoms with van der Waals surface area (Å²) in [7, 11) is 0. The van der Waals surface area contributed by atoms with Crippen molar-refractivity contribution in [1.29, 1.82) is 0 Å².